The van der Waals surface area contributed by atoms with Crippen LogP contribution in [0.25, 0.3) is 0 Å². The Labute approximate surface area is 150 Å². The Morgan fingerprint density at radius 1 is 1.38 bits per heavy atom. The van der Waals surface area contributed by atoms with E-state index >= 15 is 0 Å². The average molecular weight is 393 g/mol. The van der Waals surface area contributed by atoms with Gasteiger partial charge in [0, 0.05) is 22.2 Å². The lowest BCUT2D eigenvalue weighted by molar-refractivity contribution is 0.0204. The highest BCUT2D eigenvalue weighted by Crippen LogP contribution is 2.31. The lowest BCUT2D eigenvalue weighted by Gasteiger charge is -2.29. The minimum atomic E-state index is -3.50. The maximum Gasteiger partial charge on any atom is 0.211 e. The zero-order valence-electron chi connectivity index (χ0n) is 13.0. The average Bonchev–Trinajstić information content (AvgIpc) is 2.98. The van der Waals surface area contributed by atoms with E-state index in [1.807, 2.05) is 0 Å². The van der Waals surface area contributed by atoms with Gasteiger partial charge in [-0.05, 0) is 18.6 Å². The molecule has 2 rings (SSSR count). The number of rotatable bonds is 8. The zero-order valence-corrected chi connectivity index (χ0v) is 15.3. The SMILES string of the molecule is CCCS(=O)(=O)NCC(O)(Cn1cncn1)c1ccc(Cl)cc1Cl. The number of sulfonamides is 1. The molecule has 1 atom stereocenters. The van der Waals surface area contributed by atoms with Crippen LogP contribution in [-0.2, 0) is 22.2 Å². The van der Waals surface area contributed by atoms with E-state index in [1.165, 1.54) is 23.4 Å². The van der Waals surface area contributed by atoms with Crippen LogP contribution in [0.2, 0.25) is 10.0 Å². The molecule has 1 aromatic carbocycles. The third-order valence-electron chi connectivity index (χ3n) is 3.38. The van der Waals surface area contributed by atoms with Gasteiger partial charge in [-0.2, -0.15) is 5.10 Å². The molecule has 1 heterocycles. The molecule has 0 fully saturated rings. The molecular weight excluding hydrogens is 375 g/mol. The highest BCUT2D eigenvalue weighted by atomic mass is 35.5. The normalized spacial score (nSPS) is 14.5. The van der Waals surface area contributed by atoms with Gasteiger partial charge in [-0.3, -0.25) is 0 Å². The predicted molar refractivity (Wildman–Crippen MR) is 92.5 cm³/mol. The van der Waals surface area contributed by atoms with Gasteiger partial charge in [0.25, 0.3) is 0 Å². The summed E-state index contributed by atoms with van der Waals surface area (Å²) in [6.45, 7) is 1.48. The summed E-state index contributed by atoms with van der Waals surface area (Å²) >= 11 is 12.1. The van der Waals surface area contributed by atoms with Gasteiger partial charge < -0.3 is 5.11 Å². The van der Waals surface area contributed by atoms with Gasteiger partial charge in [0.15, 0.2) is 0 Å². The van der Waals surface area contributed by atoms with Gasteiger partial charge in [-0.15, -0.1) is 0 Å². The van der Waals surface area contributed by atoms with Crippen molar-refractivity contribution in [3.8, 4) is 0 Å². The van der Waals surface area contributed by atoms with Crippen molar-refractivity contribution >= 4 is 33.2 Å². The van der Waals surface area contributed by atoms with Crippen LogP contribution < -0.4 is 4.72 Å². The second-order valence-electron chi connectivity index (χ2n) is 5.39. The molecule has 1 unspecified atom stereocenters. The van der Waals surface area contributed by atoms with Crippen LogP contribution in [-0.4, -0.2) is 40.6 Å². The molecule has 2 N–H and O–H groups in total. The van der Waals surface area contributed by atoms with Crippen LogP contribution in [0.4, 0.5) is 0 Å². The van der Waals surface area contributed by atoms with Gasteiger partial charge >= 0.3 is 0 Å². The smallest absolute Gasteiger partial charge is 0.211 e. The van der Waals surface area contributed by atoms with E-state index in [9.17, 15) is 13.5 Å². The third-order valence-corrected chi connectivity index (χ3v) is 5.46. The number of nitrogens with one attached hydrogen (secondary N) is 1. The molecule has 2 aromatic rings. The Bertz CT molecular complexity index is 783. The molecule has 0 saturated carbocycles. The Morgan fingerprint density at radius 3 is 2.71 bits per heavy atom. The van der Waals surface area contributed by atoms with Gasteiger partial charge in [0.05, 0.1) is 12.3 Å². The Balaban J connectivity index is 2.34. The molecular formula is C14H18Cl2N4O3S. The second kappa shape index (κ2) is 7.79. The Kier molecular flexibility index (Phi) is 6.22. The highest BCUT2D eigenvalue weighted by molar-refractivity contribution is 7.89. The molecule has 0 aliphatic heterocycles. The van der Waals surface area contributed by atoms with E-state index in [-0.39, 0.29) is 23.9 Å². The quantitative estimate of drug-likeness (QED) is 0.713. The first-order chi connectivity index (χ1) is 11.3. The fourth-order valence-electron chi connectivity index (χ4n) is 2.26. The minimum absolute atomic E-state index is 0.0248. The predicted octanol–water partition coefficient (Wildman–Crippen LogP) is 1.80. The van der Waals surface area contributed by atoms with E-state index in [2.05, 4.69) is 14.8 Å². The molecule has 7 nitrogen and oxygen atoms in total. The van der Waals surface area contributed by atoms with E-state index in [1.54, 1.807) is 19.1 Å². The number of hydrogen-bond donors (Lipinski definition) is 2. The second-order valence-corrected chi connectivity index (χ2v) is 8.16. The van der Waals surface area contributed by atoms with Crippen molar-refractivity contribution in [2.75, 3.05) is 12.3 Å². The van der Waals surface area contributed by atoms with Crippen molar-refractivity contribution in [2.24, 2.45) is 0 Å². The molecule has 132 valence electrons. The largest absolute Gasteiger partial charge is 0.382 e. The first kappa shape index (κ1) is 19.1. The lowest BCUT2D eigenvalue weighted by Crippen LogP contribution is -2.44. The van der Waals surface area contributed by atoms with Gasteiger partial charge in [-0.1, -0.05) is 36.2 Å². The van der Waals surface area contributed by atoms with Crippen molar-refractivity contribution in [1.29, 1.82) is 0 Å². The van der Waals surface area contributed by atoms with Crippen LogP contribution in [0.1, 0.15) is 18.9 Å². The molecule has 1 aromatic heterocycles. The van der Waals surface area contributed by atoms with Crippen LogP contribution in [0.15, 0.2) is 30.9 Å². The Hall–Kier alpha value is -1.19. The van der Waals surface area contributed by atoms with Crippen LogP contribution in [0, 0.1) is 0 Å². The third kappa shape index (κ3) is 4.90. The number of hydrogen-bond acceptors (Lipinski definition) is 5. The number of benzene rings is 1. The Morgan fingerprint density at radius 2 is 2.12 bits per heavy atom. The van der Waals surface area contributed by atoms with Crippen molar-refractivity contribution in [3.63, 3.8) is 0 Å². The van der Waals surface area contributed by atoms with Crippen LogP contribution in [0.5, 0.6) is 0 Å². The molecule has 24 heavy (non-hydrogen) atoms. The van der Waals surface area contributed by atoms with Gasteiger partial charge in [0.1, 0.15) is 18.3 Å². The van der Waals surface area contributed by atoms with Crippen molar-refractivity contribution in [2.45, 2.75) is 25.5 Å². The number of halogens is 2. The van der Waals surface area contributed by atoms with E-state index in [0.29, 0.717) is 17.0 Å². The molecule has 0 saturated heterocycles. The summed E-state index contributed by atoms with van der Waals surface area (Å²) in [6, 6.07) is 4.64. The van der Waals surface area contributed by atoms with Crippen LogP contribution >= 0.6 is 23.2 Å². The minimum Gasteiger partial charge on any atom is -0.382 e. The maximum atomic E-state index is 11.9. The summed E-state index contributed by atoms with van der Waals surface area (Å²) < 4.78 is 27.7. The molecule has 0 amide bonds. The standard InChI is InChI=1S/C14H18Cl2N4O3S/c1-2-5-24(22,23)19-7-14(21,8-20-10-17-9-18-20)12-4-3-11(15)6-13(12)16/h3-4,6,9-10,19,21H,2,5,7-8H2,1H3. The monoisotopic (exact) mass is 392 g/mol. The van der Waals surface area contributed by atoms with E-state index < -0.39 is 15.6 Å². The van der Waals surface area contributed by atoms with Crippen molar-refractivity contribution in [3.05, 3.63) is 46.5 Å². The molecule has 10 heteroatoms. The summed E-state index contributed by atoms with van der Waals surface area (Å²) in [7, 11) is -3.50. The molecule has 0 aliphatic carbocycles. The van der Waals surface area contributed by atoms with E-state index in [4.69, 9.17) is 23.2 Å². The summed E-state index contributed by atoms with van der Waals surface area (Å²) in [5.74, 6) is -0.0270. The summed E-state index contributed by atoms with van der Waals surface area (Å²) in [5, 5.41) is 15.7. The summed E-state index contributed by atoms with van der Waals surface area (Å²) in [4.78, 5) is 3.82. The first-order valence-corrected chi connectivity index (χ1v) is 9.64. The summed E-state index contributed by atoms with van der Waals surface area (Å²) in [6.07, 6.45) is 3.22. The zero-order chi connectivity index (χ0) is 17.8. The maximum absolute atomic E-state index is 11.9. The molecule has 0 aliphatic rings. The van der Waals surface area contributed by atoms with E-state index in [0.717, 1.165) is 0 Å². The first-order valence-electron chi connectivity index (χ1n) is 7.23. The lowest BCUT2D eigenvalue weighted by atomic mass is 9.94. The van der Waals surface area contributed by atoms with Crippen molar-refractivity contribution < 1.29 is 13.5 Å². The van der Waals surface area contributed by atoms with Gasteiger partial charge in [0.2, 0.25) is 10.0 Å². The molecule has 0 radical (unpaired) electrons. The topological polar surface area (TPSA) is 97.1 Å². The number of aliphatic hydroxyl groups is 1. The van der Waals surface area contributed by atoms with Crippen LogP contribution in [0.3, 0.4) is 0 Å². The molecule has 0 spiro atoms. The van der Waals surface area contributed by atoms with Crippen molar-refractivity contribution in [1.82, 2.24) is 19.5 Å². The molecule has 0 bridgehead atoms. The number of aromatic nitrogens is 3. The highest BCUT2D eigenvalue weighted by Gasteiger charge is 2.34. The fraction of sp³-hybridized carbons (Fsp3) is 0.429. The fourth-order valence-corrected chi connectivity index (χ4v) is 3.98. The number of nitrogens with zero attached hydrogens (tertiary/aromatic N) is 3. The van der Waals surface area contributed by atoms with Gasteiger partial charge in [-0.25, -0.2) is 22.8 Å². The summed E-state index contributed by atoms with van der Waals surface area (Å²) in [5.41, 5.74) is -1.26.